The molecule has 138 valence electrons. The second kappa shape index (κ2) is 8.90. The van der Waals surface area contributed by atoms with Gasteiger partial charge in [0, 0.05) is 42.3 Å². The van der Waals surface area contributed by atoms with Crippen LogP contribution in [-0.2, 0) is 17.9 Å². The maximum atomic E-state index is 12.9. The maximum Gasteiger partial charge on any atom is 0.227 e. The third-order valence-corrected chi connectivity index (χ3v) is 5.65. The first-order chi connectivity index (χ1) is 12.5. The van der Waals surface area contributed by atoms with E-state index in [1.165, 1.54) is 0 Å². The highest BCUT2D eigenvalue weighted by Gasteiger charge is 2.28. The molecule has 0 radical (unpaired) electrons. The minimum absolute atomic E-state index is 0.0266. The molecule has 3 rings (SSSR count). The van der Waals surface area contributed by atoms with Crippen LogP contribution in [0.5, 0.6) is 0 Å². The predicted molar refractivity (Wildman–Crippen MR) is 107 cm³/mol. The van der Waals surface area contributed by atoms with Gasteiger partial charge in [0.1, 0.15) is 0 Å². The van der Waals surface area contributed by atoms with Crippen LogP contribution in [0.2, 0.25) is 10.0 Å². The number of piperidine rings is 1. The number of hydrogen-bond donors (Lipinski definition) is 0. The van der Waals surface area contributed by atoms with Crippen LogP contribution in [0.15, 0.2) is 48.5 Å². The van der Waals surface area contributed by atoms with Crippen molar-refractivity contribution in [1.29, 1.82) is 0 Å². The average molecular weight is 391 g/mol. The predicted octanol–water partition coefficient (Wildman–Crippen LogP) is 4.86. The summed E-state index contributed by atoms with van der Waals surface area (Å²) < 4.78 is 0. The van der Waals surface area contributed by atoms with Gasteiger partial charge < -0.3 is 4.90 Å². The first-order valence-electron chi connectivity index (χ1n) is 8.98. The van der Waals surface area contributed by atoms with Gasteiger partial charge in [-0.25, -0.2) is 0 Å². The lowest BCUT2D eigenvalue weighted by Crippen LogP contribution is -2.43. The summed E-state index contributed by atoms with van der Waals surface area (Å²) in [6.45, 7) is 3.05. The van der Waals surface area contributed by atoms with Crippen molar-refractivity contribution >= 4 is 29.1 Å². The van der Waals surface area contributed by atoms with Crippen molar-refractivity contribution in [3.05, 3.63) is 69.7 Å². The zero-order valence-electron chi connectivity index (χ0n) is 15.0. The normalized spacial score (nSPS) is 17.9. The smallest absolute Gasteiger partial charge is 0.227 e. The third-order valence-electron chi connectivity index (χ3n) is 4.94. The zero-order valence-corrected chi connectivity index (χ0v) is 16.5. The van der Waals surface area contributed by atoms with E-state index in [4.69, 9.17) is 23.2 Å². The van der Waals surface area contributed by atoms with Crippen LogP contribution in [0.25, 0.3) is 0 Å². The summed E-state index contributed by atoms with van der Waals surface area (Å²) in [5.74, 6) is 0.238. The molecule has 1 heterocycles. The van der Waals surface area contributed by atoms with E-state index in [2.05, 4.69) is 17.0 Å². The van der Waals surface area contributed by atoms with Crippen LogP contribution in [0.1, 0.15) is 24.0 Å². The van der Waals surface area contributed by atoms with Gasteiger partial charge in [-0.15, -0.1) is 0 Å². The number of amides is 1. The summed E-state index contributed by atoms with van der Waals surface area (Å²) in [5.41, 5.74) is 2.10. The number of carbonyl (C=O) groups is 1. The van der Waals surface area contributed by atoms with Gasteiger partial charge in [0.2, 0.25) is 5.91 Å². The average Bonchev–Trinajstić information content (AvgIpc) is 2.65. The Morgan fingerprint density at radius 1 is 1.12 bits per heavy atom. The van der Waals surface area contributed by atoms with Crippen molar-refractivity contribution in [2.45, 2.75) is 25.9 Å². The molecule has 1 saturated heterocycles. The topological polar surface area (TPSA) is 23.6 Å². The highest BCUT2D eigenvalue weighted by Crippen LogP contribution is 2.28. The summed E-state index contributed by atoms with van der Waals surface area (Å²) in [6.07, 6.45) is 1.95. The third kappa shape index (κ3) is 4.79. The van der Waals surface area contributed by atoms with E-state index in [0.29, 0.717) is 23.1 Å². The number of nitrogens with zero attached hydrogens (tertiary/aromatic N) is 2. The highest BCUT2D eigenvalue weighted by molar-refractivity contribution is 6.35. The largest absolute Gasteiger partial charge is 0.341 e. The van der Waals surface area contributed by atoms with Crippen LogP contribution >= 0.6 is 23.2 Å². The SMILES string of the molecule is CN(Cc1ccccc1)C(=O)[C@H]1CCCN(Cc2c(Cl)cccc2Cl)C1. The number of benzene rings is 2. The molecular weight excluding hydrogens is 367 g/mol. The van der Waals surface area contributed by atoms with E-state index in [0.717, 1.165) is 37.1 Å². The van der Waals surface area contributed by atoms with Gasteiger partial charge in [-0.3, -0.25) is 9.69 Å². The number of hydrogen-bond acceptors (Lipinski definition) is 2. The van der Waals surface area contributed by atoms with Crippen molar-refractivity contribution in [1.82, 2.24) is 9.80 Å². The van der Waals surface area contributed by atoms with Gasteiger partial charge in [-0.1, -0.05) is 59.6 Å². The summed E-state index contributed by atoms with van der Waals surface area (Å²) in [4.78, 5) is 17.0. The molecule has 2 aromatic carbocycles. The Bertz CT molecular complexity index is 731. The second-order valence-corrected chi connectivity index (χ2v) is 7.77. The summed E-state index contributed by atoms with van der Waals surface area (Å²) in [6, 6.07) is 15.7. The van der Waals surface area contributed by atoms with Crippen molar-refractivity contribution in [2.24, 2.45) is 5.92 Å². The molecule has 3 nitrogen and oxygen atoms in total. The molecule has 1 aliphatic heterocycles. The molecule has 0 aliphatic carbocycles. The molecule has 1 aliphatic rings. The Labute approximate surface area is 165 Å². The zero-order chi connectivity index (χ0) is 18.5. The van der Waals surface area contributed by atoms with Crippen molar-refractivity contribution in [2.75, 3.05) is 20.1 Å². The van der Waals surface area contributed by atoms with Gasteiger partial charge in [0.25, 0.3) is 0 Å². The van der Waals surface area contributed by atoms with Crippen LogP contribution in [0.3, 0.4) is 0 Å². The summed E-state index contributed by atoms with van der Waals surface area (Å²) in [7, 11) is 1.89. The Kier molecular flexibility index (Phi) is 6.58. The molecule has 2 aromatic rings. The molecule has 1 fully saturated rings. The van der Waals surface area contributed by atoms with Crippen molar-refractivity contribution in [3.63, 3.8) is 0 Å². The van der Waals surface area contributed by atoms with Gasteiger partial charge in [-0.2, -0.15) is 0 Å². The van der Waals surface area contributed by atoms with Gasteiger partial charge >= 0.3 is 0 Å². The Morgan fingerprint density at radius 3 is 2.50 bits per heavy atom. The fourth-order valence-electron chi connectivity index (χ4n) is 3.55. The number of carbonyl (C=O) groups excluding carboxylic acids is 1. The monoisotopic (exact) mass is 390 g/mol. The molecule has 1 amide bonds. The first-order valence-corrected chi connectivity index (χ1v) is 9.74. The van der Waals surface area contributed by atoms with Gasteiger partial charge in [0.05, 0.1) is 5.92 Å². The standard InChI is InChI=1S/C21H24Cl2N2O/c1-24(13-16-7-3-2-4-8-16)21(26)17-9-6-12-25(14-17)15-18-19(22)10-5-11-20(18)23/h2-5,7-8,10-11,17H,6,9,12-15H2,1H3/t17-/m0/s1. The molecule has 0 unspecified atom stereocenters. The molecule has 5 heteroatoms. The first kappa shape index (κ1) is 19.2. The van der Waals surface area contributed by atoms with E-state index in [-0.39, 0.29) is 11.8 Å². The van der Waals surface area contributed by atoms with E-state index in [9.17, 15) is 4.79 Å². The second-order valence-electron chi connectivity index (χ2n) is 6.95. The molecule has 0 N–H and O–H groups in total. The molecule has 0 saturated carbocycles. The maximum absolute atomic E-state index is 12.9. The van der Waals surface area contributed by atoms with Crippen molar-refractivity contribution < 1.29 is 4.79 Å². The molecule has 1 atom stereocenters. The van der Waals surface area contributed by atoms with Crippen LogP contribution in [0, 0.1) is 5.92 Å². The molecule has 0 aromatic heterocycles. The Balaban J connectivity index is 1.61. The lowest BCUT2D eigenvalue weighted by Gasteiger charge is -2.34. The Hall–Kier alpha value is -1.55. The van der Waals surface area contributed by atoms with Gasteiger partial charge in [0.15, 0.2) is 0 Å². The van der Waals surface area contributed by atoms with E-state index >= 15 is 0 Å². The van der Waals surface area contributed by atoms with Crippen LogP contribution < -0.4 is 0 Å². The fraction of sp³-hybridized carbons (Fsp3) is 0.381. The molecule has 0 spiro atoms. The van der Waals surface area contributed by atoms with E-state index in [1.54, 1.807) is 0 Å². The van der Waals surface area contributed by atoms with E-state index < -0.39 is 0 Å². The number of halogens is 2. The highest BCUT2D eigenvalue weighted by atomic mass is 35.5. The lowest BCUT2D eigenvalue weighted by atomic mass is 9.96. The van der Waals surface area contributed by atoms with Crippen LogP contribution in [-0.4, -0.2) is 35.8 Å². The molecular formula is C21H24Cl2N2O. The number of rotatable bonds is 5. The quantitative estimate of drug-likeness (QED) is 0.727. The fourth-order valence-corrected chi connectivity index (χ4v) is 4.07. The summed E-state index contributed by atoms with van der Waals surface area (Å²) >= 11 is 12.6. The van der Waals surface area contributed by atoms with Crippen LogP contribution in [0.4, 0.5) is 0 Å². The van der Waals surface area contributed by atoms with Crippen molar-refractivity contribution in [3.8, 4) is 0 Å². The summed E-state index contributed by atoms with van der Waals surface area (Å²) in [5, 5.41) is 1.37. The number of likely N-dealkylation sites (tertiary alicyclic amines) is 1. The molecule has 0 bridgehead atoms. The molecule has 26 heavy (non-hydrogen) atoms. The van der Waals surface area contributed by atoms with Gasteiger partial charge in [-0.05, 0) is 37.1 Å². The van der Waals surface area contributed by atoms with E-state index in [1.807, 2.05) is 48.3 Å². The lowest BCUT2D eigenvalue weighted by molar-refractivity contribution is -0.136. The Morgan fingerprint density at radius 2 is 1.81 bits per heavy atom. The minimum Gasteiger partial charge on any atom is -0.341 e. The minimum atomic E-state index is 0.0266.